The van der Waals surface area contributed by atoms with Crippen molar-refractivity contribution in [2.45, 2.75) is 62.7 Å². The van der Waals surface area contributed by atoms with Crippen LogP contribution in [0.2, 0.25) is 0 Å². The Kier molecular flexibility index (Phi) is 5.93. The number of hydrogen-bond donors (Lipinski definition) is 2. The van der Waals surface area contributed by atoms with E-state index in [-0.39, 0.29) is 23.9 Å². The lowest BCUT2D eigenvalue weighted by Gasteiger charge is -2.44. The Hall–Kier alpha value is -1.64. The van der Waals surface area contributed by atoms with E-state index in [1.165, 1.54) is 11.8 Å². The molecule has 0 bridgehead atoms. The van der Waals surface area contributed by atoms with Crippen molar-refractivity contribution in [2.24, 2.45) is 18.9 Å². The first kappa shape index (κ1) is 18.2. The molecule has 2 N–H and O–H groups in total. The average Bonchev–Trinajstić information content (AvgIpc) is 2.98. The van der Waals surface area contributed by atoms with E-state index in [4.69, 9.17) is 0 Å². The maximum absolute atomic E-state index is 12.2. The second-order valence-corrected chi connectivity index (χ2v) is 7.98. The third-order valence-electron chi connectivity index (χ3n) is 5.24. The summed E-state index contributed by atoms with van der Waals surface area (Å²) in [6, 6.07) is 0.333. The van der Waals surface area contributed by atoms with Crippen molar-refractivity contribution in [3.63, 3.8) is 0 Å². The molecule has 8 nitrogen and oxygen atoms in total. The van der Waals surface area contributed by atoms with Gasteiger partial charge in [0.05, 0.1) is 5.75 Å². The lowest BCUT2D eigenvalue weighted by Crippen LogP contribution is -2.55. The van der Waals surface area contributed by atoms with E-state index in [9.17, 15) is 9.59 Å². The quantitative estimate of drug-likeness (QED) is 0.725. The van der Waals surface area contributed by atoms with Crippen LogP contribution in [0.25, 0.3) is 0 Å². The highest BCUT2D eigenvalue weighted by atomic mass is 32.2. The highest BCUT2D eigenvalue weighted by Crippen LogP contribution is 2.37. The smallest absolute Gasteiger partial charge is 0.230 e. The number of tetrazole rings is 1. The fourth-order valence-corrected chi connectivity index (χ4v) is 4.80. The Labute approximate surface area is 151 Å². The predicted molar refractivity (Wildman–Crippen MR) is 93.7 cm³/mol. The molecule has 0 radical (unpaired) electrons. The van der Waals surface area contributed by atoms with Crippen molar-refractivity contribution < 1.29 is 9.59 Å². The molecule has 2 fully saturated rings. The maximum atomic E-state index is 12.2. The van der Waals surface area contributed by atoms with Crippen LogP contribution in [-0.4, -0.2) is 49.9 Å². The van der Waals surface area contributed by atoms with Crippen LogP contribution in [0.1, 0.15) is 45.4 Å². The van der Waals surface area contributed by atoms with E-state index in [0.29, 0.717) is 29.2 Å². The molecule has 1 aliphatic heterocycles. The van der Waals surface area contributed by atoms with Gasteiger partial charge in [0.15, 0.2) is 0 Å². The van der Waals surface area contributed by atoms with Crippen LogP contribution in [0, 0.1) is 11.8 Å². The van der Waals surface area contributed by atoms with Crippen LogP contribution in [0.4, 0.5) is 0 Å². The lowest BCUT2D eigenvalue weighted by molar-refractivity contribution is -0.127. The molecule has 25 heavy (non-hydrogen) atoms. The minimum absolute atomic E-state index is 0.0105. The molecule has 0 aromatic carbocycles. The van der Waals surface area contributed by atoms with Crippen LogP contribution in [0.3, 0.4) is 0 Å². The normalized spacial score (nSPS) is 29.0. The fourth-order valence-electron chi connectivity index (χ4n) is 4.14. The molecule has 4 atom stereocenters. The highest BCUT2D eigenvalue weighted by molar-refractivity contribution is 7.99. The zero-order chi connectivity index (χ0) is 17.8. The summed E-state index contributed by atoms with van der Waals surface area (Å²) < 4.78 is 1.55. The number of carbonyl (C=O) groups excluding carboxylic acids is 2. The van der Waals surface area contributed by atoms with Crippen LogP contribution in [0.15, 0.2) is 5.16 Å². The third kappa shape index (κ3) is 4.50. The Bertz CT molecular complexity index is 622. The number of nitrogens with one attached hydrogen (secondary N) is 2. The number of fused-ring (bicyclic) bond motifs is 1. The van der Waals surface area contributed by atoms with Crippen molar-refractivity contribution in [2.75, 3.05) is 5.75 Å². The summed E-state index contributed by atoms with van der Waals surface area (Å²) >= 11 is 1.33. The molecule has 9 heteroatoms. The summed E-state index contributed by atoms with van der Waals surface area (Å²) in [5.74, 6) is 1.51. The predicted octanol–water partition coefficient (Wildman–Crippen LogP) is 0.892. The zero-order valence-corrected chi connectivity index (χ0v) is 15.6. The standard InChI is InChI=1S/C16H26N6O2S/c1-3-4-10-7-14(23)18-13-8-11(5-6-12(10)13)17-15(24)9-25-16-19-20-21-22(16)2/h10-13H,3-9H2,1-2H3,(H,17,24)(H,18,23). The van der Waals surface area contributed by atoms with Gasteiger partial charge in [-0.3, -0.25) is 9.59 Å². The molecule has 4 unspecified atom stereocenters. The van der Waals surface area contributed by atoms with Gasteiger partial charge in [-0.05, 0) is 47.9 Å². The van der Waals surface area contributed by atoms with Crippen molar-refractivity contribution >= 4 is 23.6 Å². The van der Waals surface area contributed by atoms with E-state index >= 15 is 0 Å². The highest BCUT2D eigenvalue weighted by Gasteiger charge is 2.40. The molecular weight excluding hydrogens is 340 g/mol. The number of amides is 2. The van der Waals surface area contributed by atoms with Gasteiger partial charge in [0, 0.05) is 25.6 Å². The molecule has 1 aromatic heterocycles. The minimum Gasteiger partial charge on any atom is -0.353 e. The summed E-state index contributed by atoms with van der Waals surface area (Å²) in [6.45, 7) is 2.18. The molecule has 0 spiro atoms. The van der Waals surface area contributed by atoms with Gasteiger partial charge >= 0.3 is 0 Å². The Morgan fingerprint density at radius 3 is 3.00 bits per heavy atom. The first-order valence-corrected chi connectivity index (χ1v) is 9.99. The second kappa shape index (κ2) is 8.16. The molecule has 1 saturated heterocycles. The monoisotopic (exact) mass is 366 g/mol. The van der Waals surface area contributed by atoms with Crippen LogP contribution >= 0.6 is 11.8 Å². The first-order valence-electron chi connectivity index (χ1n) is 9.00. The van der Waals surface area contributed by atoms with E-state index in [0.717, 1.165) is 32.1 Å². The zero-order valence-electron chi connectivity index (χ0n) is 14.8. The number of aromatic nitrogens is 4. The summed E-state index contributed by atoms with van der Waals surface area (Å²) in [5, 5.41) is 18.0. The molecule has 2 amide bonds. The van der Waals surface area contributed by atoms with Crippen LogP contribution in [-0.2, 0) is 16.6 Å². The van der Waals surface area contributed by atoms with Gasteiger partial charge in [0.25, 0.3) is 0 Å². The Morgan fingerprint density at radius 1 is 1.44 bits per heavy atom. The van der Waals surface area contributed by atoms with E-state index in [1.54, 1.807) is 11.7 Å². The molecular formula is C16H26N6O2S. The summed E-state index contributed by atoms with van der Waals surface area (Å²) in [5.41, 5.74) is 0. The maximum Gasteiger partial charge on any atom is 0.230 e. The Balaban J connectivity index is 1.49. The lowest BCUT2D eigenvalue weighted by atomic mass is 9.70. The first-order chi connectivity index (χ1) is 12.1. The van der Waals surface area contributed by atoms with Gasteiger partial charge in [0.1, 0.15) is 0 Å². The molecule has 3 rings (SSSR count). The van der Waals surface area contributed by atoms with E-state index in [1.807, 2.05) is 0 Å². The molecule has 2 aliphatic rings. The molecule has 1 saturated carbocycles. The van der Waals surface area contributed by atoms with Crippen LogP contribution in [0.5, 0.6) is 0 Å². The fraction of sp³-hybridized carbons (Fsp3) is 0.812. The van der Waals surface area contributed by atoms with Crippen molar-refractivity contribution in [1.82, 2.24) is 30.8 Å². The SMILES string of the molecule is CCCC1CC(=O)NC2CC(NC(=O)CSc3nnnn3C)CCC12. The third-order valence-corrected chi connectivity index (χ3v) is 6.25. The molecule has 2 heterocycles. The summed E-state index contributed by atoms with van der Waals surface area (Å²) in [4.78, 5) is 24.2. The number of carbonyl (C=O) groups is 2. The number of nitrogens with zero attached hydrogens (tertiary/aromatic N) is 4. The van der Waals surface area contributed by atoms with Crippen molar-refractivity contribution in [1.29, 1.82) is 0 Å². The summed E-state index contributed by atoms with van der Waals surface area (Å²) in [6.07, 6.45) is 5.79. The van der Waals surface area contributed by atoms with Crippen molar-refractivity contribution in [3.05, 3.63) is 0 Å². The minimum atomic E-state index is -0.0105. The molecule has 138 valence electrons. The van der Waals surface area contributed by atoms with Gasteiger partial charge in [-0.1, -0.05) is 25.1 Å². The Morgan fingerprint density at radius 2 is 2.28 bits per heavy atom. The number of aryl methyl sites for hydroxylation is 1. The molecule has 1 aliphatic carbocycles. The van der Waals surface area contributed by atoms with Gasteiger partial charge in [0.2, 0.25) is 17.0 Å². The number of piperidine rings is 1. The van der Waals surface area contributed by atoms with Gasteiger partial charge < -0.3 is 10.6 Å². The second-order valence-electron chi connectivity index (χ2n) is 7.04. The average molecular weight is 366 g/mol. The van der Waals surface area contributed by atoms with E-state index in [2.05, 4.69) is 33.1 Å². The topological polar surface area (TPSA) is 102 Å². The van der Waals surface area contributed by atoms with Gasteiger partial charge in [-0.15, -0.1) is 5.10 Å². The van der Waals surface area contributed by atoms with E-state index < -0.39 is 0 Å². The van der Waals surface area contributed by atoms with Gasteiger partial charge in [-0.2, -0.15) is 0 Å². The molecule has 1 aromatic rings. The van der Waals surface area contributed by atoms with Crippen molar-refractivity contribution in [3.8, 4) is 0 Å². The number of thioether (sulfide) groups is 1. The van der Waals surface area contributed by atoms with Crippen LogP contribution < -0.4 is 10.6 Å². The largest absolute Gasteiger partial charge is 0.353 e. The number of hydrogen-bond acceptors (Lipinski definition) is 6. The van der Waals surface area contributed by atoms with Gasteiger partial charge in [-0.25, -0.2) is 4.68 Å². The number of rotatable bonds is 6. The summed E-state index contributed by atoms with van der Waals surface area (Å²) in [7, 11) is 1.75.